The molecule has 0 radical (unpaired) electrons. The van der Waals surface area contributed by atoms with E-state index in [1.54, 1.807) is 18.2 Å². The van der Waals surface area contributed by atoms with Crippen molar-refractivity contribution in [2.24, 2.45) is 17.0 Å². The zero-order valence-corrected chi connectivity index (χ0v) is 25.8. The first-order valence-electron chi connectivity index (χ1n) is 14.7. The molecule has 10 nitrogen and oxygen atoms in total. The Morgan fingerprint density at radius 1 is 1.16 bits per heavy atom. The number of halogens is 1. The van der Waals surface area contributed by atoms with Crippen LogP contribution in [0.25, 0.3) is 0 Å². The standard InChI is InChI=1S/C31H38ClN3O7S/c1-20(36)34(13-14-43(33,40)41)12-10-28(37)25-7-4-23(25)17-35-18-31(11-2-3-21-15-24(32)6-8-26(21)31)19-42-29-9-5-22(30(38)39)16-27(29)35/h5-6,8-9,15-16,23,25H,2-4,7,10-14,17-19H2,1H3,(H,38,39)(H2,33,40,41)/t23-,25+,31-/m0/s1. The minimum absolute atomic E-state index is 0.0380. The predicted octanol–water partition coefficient (Wildman–Crippen LogP) is 3.63. The van der Waals surface area contributed by atoms with E-state index in [-0.39, 0.29) is 59.8 Å². The van der Waals surface area contributed by atoms with Crippen molar-refractivity contribution < 1.29 is 32.6 Å². The fourth-order valence-electron chi connectivity index (χ4n) is 6.84. The fourth-order valence-corrected chi connectivity index (χ4v) is 7.51. The van der Waals surface area contributed by atoms with E-state index in [2.05, 4.69) is 11.0 Å². The minimum Gasteiger partial charge on any atom is -0.490 e. The highest BCUT2D eigenvalue weighted by molar-refractivity contribution is 7.89. The molecular formula is C31H38ClN3O7S. The number of rotatable bonds is 10. The highest BCUT2D eigenvalue weighted by Gasteiger charge is 2.44. The highest BCUT2D eigenvalue weighted by atomic mass is 35.5. The first-order valence-corrected chi connectivity index (χ1v) is 16.8. The average Bonchev–Trinajstić information content (AvgIpc) is 3.07. The number of nitrogens with zero attached hydrogens (tertiary/aromatic N) is 2. The number of aryl methyl sites for hydroxylation is 1. The van der Waals surface area contributed by atoms with Crippen LogP contribution in [0.1, 0.15) is 60.5 Å². The lowest BCUT2D eigenvalue weighted by atomic mass is 9.68. The van der Waals surface area contributed by atoms with Crippen molar-refractivity contribution >= 4 is 45.0 Å². The number of aromatic carboxylic acids is 1. The fraction of sp³-hybridized carbons (Fsp3) is 0.516. The topological polar surface area (TPSA) is 147 Å². The molecule has 1 heterocycles. The largest absolute Gasteiger partial charge is 0.490 e. The molecule has 3 aliphatic rings. The Morgan fingerprint density at radius 2 is 1.95 bits per heavy atom. The Hall–Kier alpha value is -3.15. The van der Waals surface area contributed by atoms with Gasteiger partial charge in [-0.25, -0.2) is 18.4 Å². The molecule has 12 heteroatoms. The van der Waals surface area contributed by atoms with Crippen LogP contribution < -0.4 is 14.8 Å². The van der Waals surface area contributed by atoms with Gasteiger partial charge in [-0.15, -0.1) is 0 Å². The van der Waals surface area contributed by atoms with Gasteiger partial charge < -0.3 is 19.6 Å². The third-order valence-corrected chi connectivity index (χ3v) is 10.3. The van der Waals surface area contributed by atoms with E-state index in [9.17, 15) is 27.9 Å². The number of ether oxygens (including phenoxy) is 1. The summed E-state index contributed by atoms with van der Waals surface area (Å²) in [4.78, 5) is 40.8. The number of ketones is 1. The van der Waals surface area contributed by atoms with Crippen molar-refractivity contribution in [2.75, 3.05) is 43.4 Å². The van der Waals surface area contributed by atoms with E-state index < -0.39 is 16.0 Å². The summed E-state index contributed by atoms with van der Waals surface area (Å²) in [6.07, 6.45) is 4.53. The lowest BCUT2D eigenvalue weighted by Gasteiger charge is -2.44. The van der Waals surface area contributed by atoms with Gasteiger partial charge in [-0.05, 0) is 79.5 Å². The van der Waals surface area contributed by atoms with Gasteiger partial charge in [0.25, 0.3) is 0 Å². The van der Waals surface area contributed by atoms with E-state index in [0.29, 0.717) is 36.2 Å². The number of carboxylic acid groups (broad SMARTS) is 1. The van der Waals surface area contributed by atoms with Crippen LogP contribution in [0.3, 0.4) is 0 Å². The number of fused-ring (bicyclic) bond motifs is 3. The van der Waals surface area contributed by atoms with Crippen LogP contribution in [0.4, 0.5) is 5.69 Å². The van der Waals surface area contributed by atoms with Gasteiger partial charge in [0.1, 0.15) is 11.5 Å². The SMILES string of the molecule is CC(=O)N(CCC(=O)[C@@H]1CC[C@H]1CN1C[C@@]2(CCCc3cc(Cl)ccc32)COc2ccc(C(=O)O)cc21)CCS(N)(=O)=O. The van der Waals surface area contributed by atoms with Crippen molar-refractivity contribution in [1.29, 1.82) is 0 Å². The summed E-state index contributed by atoms with van der Waals surface area (Å²) in [5.74, 6) is -1.18. The molecule has 1 spiro atoms. The molecule has 0 aromatic heterocycles. The van der Waals surface area contributed by atoms with E-state index in [1.165, 1.54) is 23.0 Å². The van der Waals surface area contributed by atoms with Crippen LogP contribution in [0.2, 0.25) is 5.02 Å². The van der Waals surface area contributed by atoms with Crippen molar-refractivity contribution in [3.05, 3.63) is 58.1 Å². The molecule has 5 rings (SSSR count). The summed E-state index contributed by atoms with van der Waals surface area (Å²) in [7, 11) is -3.73. The van der Waals surface area contributed by atoms with Gasteiger partial charge in [-0.3, -0.25) is 9.59 Å². The molecule has 2 aliphatic carbocycles. The number of carbonyl (C=O) groups is 3. The van der Waals surface area contributed by atoms with E-state index in [0.717, 1.165) is 32.1 Å². The third kappa shape index (κ3) is 6.99. The normalized spacial score (nSPS) is 22.9. The maximum atomic E-state index is 13.3. The number of hydrogen-bond acceptors (Lipinski definition) is 7. The summed E-state index contributed by atoms with van der Waals surface area (Å²) in [5.41, 5.74) is 2.96. The maximum Gasteiger partial charge on any atom is 0.335 e. The number of hydrogen-bond donors (Lipinski definition) is 2. The lowest BCUT2D eigenvalue weighted by molar-refractivity contribution is -0.131. The number of nitrogens with two attached hydrogens (primary N) is 1. The monoisotopic (exact) mass is 631 g/mol. The van der Waals surface area contributed by atoms with Gasteiger partial charge >= 0.3 is 5.97 Å². The summed E-state index contributed by atoms with van der Waals surface area (Å²) < 4.78 is 29.2. The molecule has 2 aromatic carbocycles. The second-order valence-electron chi connectivity index (χ2n) is 12.1. The summed E-state index contributed by atoms with van der Waals surface area (Å²) in [5, 5.41) is 15.5. The van der Waals surface area contributed by atoms with Gasteiger partial charge in [-0.2, -0.15) is 0 Å². The van der Waals surface area contributed by atoms with Crippen LogP contribution >= 0.6 is 11.6 Å². The van der Waals surface area contributed by atoms with Gasteiger partial charge in [-0.1, -0.05) is 17.7 Å². The van der Waals surface area contributed by atoms with E-state index in [1.807, 2.05) is 12.1 Å². The summed E-state index contributed by atoms with van der Waals surface area (Å²) in [6, 6.07) is 11.0. The Balaban J connectivity index is 1.37. The molecular weight excluding hydrogens is 594 g/mol. The van der Waals surface area contributed by atoms with Crippen molar-refractivity contribution in [2.45, 2.75) is 50.9 Å². The predicted molar refractivity (Wildman–Crippen MR) is 163 cm³/mol. The number of Topliss-reactive ketones (excluding diaryl/α,β-unsaturated/α-hetero) is 1. The Kier molecular flexibility index (Phi) is 9.06. The molecule has 1 amide bonds. The van der Waals surface area contributed by atoms with Crippen LogP contribution in [0.5, 0.6) is 5.75 Å². The number of anilines is 1. The Bertz CT molecular complexity index is 1530. The van der Waals surface area contributed by atoms with Crippen molar-refractivity contribution in [3.8, 4) is 5.75 Å². The quantitative estimate of drug-likeness (QED) is 0.404. The Labute approximate surface area is 257 Å². The van der Waals surface area contributed by atoms with Crippen molar-refractivity contribution in [3.63, 3.8) is 0 Å². The van der Waals surface area contributed by atoms with E-state index >= 15 is 0 Å². The van der Waals surface area contributed by atoms with Gasteiger partial charge in [0, 0.05) is 55.9 Å². The third-order valence-electron chi connectivity index (χ3n) is 9.29. The molecule has 0 saturated heterocycles. The molecule has 0 unspecified atom stereocenters. The molecule has 0 bridgehead atoms. The second kappa shape index (κ2) is 12.5. The van der Waals surface area contributed by atoms with Crippen LogP contribution in [-0.2, 0) is 31.4 Å². The van der Waals surface area contributed by atoms with Crippen LogP contribution in [0, 0.1) is 11.8 Å². The zero-order chi connectivity index (χ0) is 30.9. The smallest absolute Gasteiger partial charge is 0.335 e. The molecule has 43 heavy (non-hydrogen) atoms. The van der Waals surface area contributed by atoms with Gasteiger partial charge in [0.05, 0.1) is 23.6 Å². The summed E-state index contributed by atoms with van der Waals surface area (Å²) in [6.45, 7) is 3.04. The highest BCUT2D eigenvalue weighted by Crippen LogP contribution is 2.46. The van der Waals surface area contributed by atoms with Gasteiger partial charge in [0.2, 0.25) is 15.9 Å². The first kappa shape index (κ1) is 31.3. The Morgan fingerprint density at radius 3 is 2.63 bits per heavy atom. The number of amides is 1. The molecule has 2 aromatic rings. The average molecular weight is 632 g/mol. The second-order valence-corrected chi connectivity index (χ2v) is 14.3. The zero-order valence-electron chi connectivity index (χ0n) is 24.3. The van der Waals surface area contributed by atoms with Gasteiger partial charge in [0.15, 0.2) is 0 Å². The first-order chi connectivity index (χ1) is 20.3. The molecule has 1 aliphatic heterocycles. The molecule has 1 saturated carbocycles. The number of benzene rings is 2. The number of carbonyl (C=O) groups excluding carboxylic acids is 2. The van der Waals surface area contributed by atoms with Crippen LogP contribution in [0.15, 0.2) is 36.4 Å². The van der Waals surface area contributed by atoms with Crippen molar-refractivity contribution in [1.82, 2.24) is 4.90 Å². The number of carboxylic acids is 1. The minimum atomic E-state index is -3.73. The molecule has 3 atom stereocenters. The lowest BCUT2D eigenvalue weighted by Crippen LogP contribution is -2.49. The summed E-state index contributed by atoms with van der Waals surface area (Å²) >= 11 is 6.34. The van der Waals surface area contributed by atoms with E-state index in [4.69, 9.17) is 21.5 Å². The maximum absolute atomic E-state index is 13.3. The number of primary sulfonamides is 1. The molecule has 232 valence electrons. The van der Waals surface area contributed by atoms with Crippen LogP contribution in [-0.4, -0.2) is 74.6 Å². The number of sulfonamides is 1. The molecule has 3 N–H and O–H groups in total. The molecule has 1 fully saturated rings.